The highest BCUT2D eigenvalue weighted by atomic mass is 16.5. The van der Waals surface area contributed by atoms with Gasteiger partial charge in [-0.3, -0.25) is 4.79 Å². The van der Waals surface area contributed by atoms with E-state index in [1.54, 1.807) is 0 Å². The van der Waals surface area contributed by atoms with Crippen LogP contribution >= 0.6 is 0 Å². The Bertz CT molecular complexity index is 258. The molecular formula is C13H24N2O2. The average molecular weight is 240 g/mol. The van der Waals surface area contributed by atoms with E-state index in [9.17, 15) is 4.79 Å². The first-order valence-corrected chi connectivity index (χ1v) is 6.91. The molecule has 1 heterocycles. The Balaban J connectivity index is 1.90. The number of nitrogens with one attached hydrogen (secondary N) is 2. The van der Waals surface area contributed by atoms with Gasteiger partial charge in [-0.15, -0.1) is 0 Å². The molecule has 0 radical (unpaired) electrons. The van der Waals surface area contributed by atoms with Crippen molar-refractivity contribution >= 4 is 5.91 Å². The summed E-state index contributed by atoms with van der Waals surface area (Å²) in [6.45, 7) is 0.804. The van der Waals surface area contributed by atoms with Gasteiger partial charge in [-0.05, 0) is 39.2 Å². The van der Waals surface area contributed by atoms with Crippen LogP contribution in [0.25, 0.3) is 0 Å². The summed E-state index contributed by atoms with van der Waals surface area (Å²) in [6.07, 6.45) is 7.74. The van der Waals surface area contributed by atoms with E-state index in [1.165, 1.54) is 12.8 Å². The second kappa shape index (κ2) is 6.36. The molecule has 3 unspecified atom stereocenters. The molecule has 1 saturated heterocycles. The first-order chi connectivity index (χ1) is 8.31. The number of ether oxygens (including phenoxy) is 1. The zero-order valence-electron chi connectivity index (χ0n) is 10.7. The van der Waals surface area contributed by atoms with Gasteiger partial charge in [-0.1, -0.05) is 12.8 Å². The molecule has 1 aliphatic carbocycles. The minimum Gasteiger partial charge on any atom is -0.364 e. The van der Waals surface area contributed by atoms with E-state index in [-0.39, 0.29) is 18.1 Å². The first-order valence-electron chi connectivity index (χ1n) is 6.91. The number of carbonyl (C=O) groups is 1. The molecule has 17 heavy (non-hydrogen) atoms. The van der Waals surface area contributed by atoms with Crippen molar-refractivity contribution in [2.75, 3.05) is 13.6 Å². The normalized spacial score (nSPS) is 35.1. The van der Waals surface area contributed by atoms with Gasteiger partial charge in [0.05, 0.1) is 6.10 Å². The van der Waals surface area contributed by atoms with Gasteiger partial charge >= 0.3 is 0 Å². The van der Waals surface area contributed by atoms with Crippen LogP contribution in [0.2, 0.25) is 0 Å². The predicted octanol–water partition coefficient (Wildman–Crippen LogP) is 1.20. The molecular weight excluding hydrogens is 216 g/mol. The number of likely N-dealkylation sites (N-methyl/N-ethyl adjacent to an activating group) is 1. The standard InChI is InChI=1S/C13H24N2O2/c1-14-10-6-2-3-7-11(10)17-12-8-4-5-9-15-13(12)16/h10-12,14H,2-9H2,1H3,(H,15,16). The van der Waals surface area contributed by atoms with Crippen molar-refractivity contribution in [3.63, 3.8) is 0 Å². The predicted molar refractivity (Wildman–Crippen MR) is 66.8 cm³/mol. The Morgan fingerprint density at radius 3 is 2.76 bits per heavy atom. The minimum atomic E-state index is -0.226. The summed E-state index contributed by atoms with van der Waals surface area (Å²) in [6, 6.07) is 0.416. The van der Waals surface area contributed by atoms with Gasteiger partial charge in [0.15, 0.2) is 0 Å². The quantitative estimate of drug-likeness (QED) is 0.779. The molecule has 0 aromatic rings. The lowest BCUT2D eigenvalue weighted by Gasteiger charge is -2.33. The minimum absolute atomic E-state index is 0.0860. The second-order valence-corrected chi connectivity index (χ2v) is 5.13. The van der Waals surface area contributed by atoms with E-state index in [0.717, 1.165) is 38.6 Å². The summed E-state index contributed by atoms with van der Waals surface area (Å²) in [5, 5.41) is 6.25. The Morgan fingerprint density at radius 2 is 1.94 bits per heavy atom. The number of carbonyl (C=O) groups excluding carboxylic acids is 1. The lowest BCUT2D eigenvalue weighted by atomic mass is 9.92. The van der Waals surface area contributed by atoms with Gasteiger partial charge in [-0.2, -0.15) is 0 Å². The Hall–Kier alpha value is -0.610. The highest BCUT2D eigenvalue weighted by molar-refractivity contribution is 5.80. The molecule has 0 bridgehead atoms. The van der Waals surface area contributed by atoms with Crippen molar-refractivity contribution in [3.05, 3.63) is 0 Å². The molecule has 2 rings (SSSR count). The monoisotopic (exact) mass is 240 g/mol. The van der Waals surface area contributed by atoms with Crippen LogP contribution in [0.15, 0.2) is 0 Å². The number of hydrogen-bond donors (Lipinski definition) is 2. The zero-order valence-corrected chi connectivity index (χ0v) is 10.7. The molecule has 0 spiro atoms. The van der Waals surface area contributed by atoms with Crippen molar-refractivity contribution in [1.82, 2.24) is 10.6 Å². The maximum atomic E-state index is 11.8. The molecule has 0 aromatic carbocycles. The lowest BCUT2D eigenvalue weighted by molar-refractivity contribution is -0.139. The molecule has 1 amide bonds. The summed E-state index contributed by atoms with van der Waals surface area (Å²) in [7, 11) is 1.99. The van der Waals surface area contributed by atoms with Gasteiger partial charge < -0.3 is 15.4 Å². The number of rotatable bonds is 3. The molecule has 2 N–H and O–H groups in total. The first kappa shape index (κ1) is 12.8. The molecule has 1 aliphatic heterocycles. The largest absolute Gasteiger partial charge is 0.364 e. The lowest BCUT2D eigenvalue weighted by Crippen LogP contribution is -2.46. The van der Waals surface area contributed by atoms with Crippen LogP contribution in [-0.2, 0) is 9.53 Å². The topological polar surface area (TPSA) is 50.4 Å². The van der Waals surface area contributed by atoms with Crippen molar-refractivity contribution in [2.24, 2.45) is 0 Å². The van der Waals surface area contributed by atoms with Crippen LogP contribution in [0.4, 0.5) is 0 Å². The third-order valence-corrected chi connectivity index (χ3v) is 3.90. The van der Waals surface area contributed by atoms with Crippen molar-refractivity contribution < 1.29 is 9.53 Å². The maximum absolute atomic E-state index is 11.8. The van der Waals surface area contributed by atoms with Crippen LogP contribution in [0.3, 0.4) is 0 Å². The van der Waals surface area contributed by atoms with Crippen LogP contribution < -0.4 is 10.6 Å². The van der Waals surface area contributed by atoms with Gasteiger partial charge in [0, 0.05) is 12.6 Å². The van der Waals surface area contributed by atoms with E-state index < -0.39 is 0 Å². The van der Waals surface area contributed by atoms with Crippen LogP contribution in [-0.4, -0.2) is 37.7 Å². The van der Waals surface area contributed by atoms with Gasteiger partial charge in [0.1, 0.15) is 6.10 Å². The van der Waals surface area contributed by atoms with E-state index >= 15 is 0 Å². The number of hydrogen-bond acceptors (Lipinski definition) is 3. The Kier molecular flexibility index (Phi) is 4.80. The average Bonchev–Trinajstić information content (AvgIpc) is 2.56. The second-order valence-electron chi connectivity index (χ2n) is 5.13. The van der Waals surface area contributed by atoms with Crippen molar-refractivity contribution in [1.29, 1.82) is 0 Å². The third kappa shape index (κ3) is 3.42. The van der Waals surface area contributed by atoms with Crippen molar-refractivity contribution in [2.45, 2.75) is 63.2 Å². The summed E-state index contributed by atoms with van der Waals surface area (Å²) >= 11 is 0. The van der Waals surface area contributed by atoms with Gasteiger partial charge in [-0.25, -0.2) is 0 Å². The Morgan fingerprint density at radius 1 is 1.18 bits per heavy atom. The highest BCUT2D eigenvalue weighted by Gasteiger charge is 2.30. The summed E-state index contributed by atoms with van der Waals surface area (Å²) in [5.41, 5.74) is 0. The number of amides is 1. The molecule has 0 aromatic heterocycles. The fourth-order valence-corrected chi connectivity index (χ4v) is 2.84. The van der Waals surface area contributed by atoms with E-state index in [0.29, 0.717) is 6.04 Å². The summed E-state index contributed by atoms with van der Waals surface area (Å²) in [5.74, 6) is 0.0860. The van der Waals surface area contributed by atoms with E-state index in [4.69, 9.17) is 4.74 Å². The molecule has 2 fully saturated rings. The summed E-state index contributed by atoms with van der Waals surface area (Å²) in [4.78, 5) is 11.8. The third-order valence-electron chi connectivity index (χ3n) is 3.90. The molecule has 3 atom stereocenters. The molecule has 1 saturated carbocycles. The fourth-order valence-electron chi connectivity index (χ4n) is 2.84. The van der Waals surface area contributed by atoms with E-state index in [2.05, 4.69) is 10.6 Å². The fraction of sp³-hybridized carbons (Fsp3) is 0.923. The SMILES string of the molecule is CNC1CCCCC1OC1CCCCNC1=O. The smallest absolute Gasteiger partial charge is 0.249 e. The Labute approximate surface area is 103 Å². The van der Waals surface area contributed by atoms with Crippen molar-refractivity contribution in [3.8, 4) is 0 Å². The maximum Gasteiger partial charge on any atom is 0.249 e. The molecule has 2 aliphatic rings. The zero-order chi connectivity index (χ0) is 12.1. The van der Waals surface area contributed by atoms with Crippen LogP contribution in [0.1, 0.15) is 44.9 Å². The highest BCUT2D eigenvalue weighted by Crippen LogP contribution is 2.24. The molecule has 4 nitrogen and oxygen atoms in total. The summed E-state index contributed by atoms with van der Waals surface area (Å²) < 4.78 is 6.05. The van der Waals surface area contributed by atoms with Crippen LogP contribution in [0, 0.1) is 0 Å². The molecule has 98 valence electrons. The van der Waals surface area contributed by atoms with Crippen LogP contribution in [0.5, 0.6) is 0 Å². The van der Waals surface area contributed by atoms with Gasteiger partial charge in [0.2, 0.25) is 5.91 Å². The molecule has 4 heteroatoms. The van der Waals surface area contributed by atoms with E-state index in [1.807, 2.05) is 7.05 Å². The van der Waals surface area contributed by atoms with Gasteiger partial charge in [0.25, 0.3) is 0 Å².